The maximum absolute atomic E-state index is 12.5. The molecule has 0 aromatic heterocycles. The van der Waals surface area contributed by atoms with Gasteiger partial charge < -0.3 is 10.1 Å². The number of halogens is 2. The van der Waals surface area contributed by atoms with Gasteiger partial charge in [0, 0.05) is 20.1 Å². The molecule has 33 heavy (non-hydrogen) atoms. The third-order valence-electron chi connectivity index (χ3n) is 4.32. The predicted octanol–water partition coefficient (Wildman–Crippen LogP) is 4.62. The number of rotatable bonds is 7. The SMILES string of the molecule is Cc1cccc(C(=O)Oc2ccc(Br)cc2/C=N/NC(=O)CNC(=O)c2cccc(Br)c2)c1. The van der Waals surface area contributed by atoms with Crippen LogP contribution in [0.1, 0.15) is 31.8 Å². The largest absolute Gasteiger partial charge is 0.422 e. The average Bonchev–Trinajstić information content (AvgIpc) is 2.79. The maximum Gasteiger partial charge on any atom is 0.343 e. The minimum absolute atomic E-state index is 0.254. The molecule has 2 N–H and O–H groups in total. The fourth-order valence-electron chi connectivity index (χ4n) is 2.75. The number of ether oxygens (including phenoxy) is 1. The van der Waals surface area contributed by atoms with Crippen molar-refractivity contribution in [3.05, 3.63) is 97.9 Å². The molecule has 0 atom stereocenters. The summed E-state index contributed by atoms with van der Waals surface area (Å²) in [5.74, 6) is -1.11. The van der Waals surface area contributed by atoms with E-state index in [0.29, 0.717) is 16.7 Å². The average molecular weight is 573 g/mol. The Balaban J connectivity index is 1.60. The number of carbonyl (C=O) groups is 3. The van der Waals surface area contributed by atoms with Crippen LogP contribution in [0.5, 0.6) is 5.75 Å². The van der Waals surface area contributed by atoms with E-state index in [1.165, 1.54) is 6.21 Å². The molecule has 0 heterocycles. The molecule has 0 radical (unpaired) electrons. The monoisotopic (exact) mass is 571 g/mol. The third-order valence-corrected chi connectivity index (χ3v) is 5.30. The number of carbonyl (C=O) groups excluding carboxylic acids is 3. The number of nitrogens with zero attached hydrogens (tertiary/aromatic N) is 1. The molecule has 0 aliphatic carbocycles. The van der Waals surface area contributed by atoms with Gasteiger partial charge in [-0.2, -0.15) is 5.10 Å². The van der Waals surface area contributed by atoms with Gasteiger partial charge in [-0.05, 0) is 55.5 Å². The summed E-state index contributed by atoms with van der Waals surface area (Å²) in [5, 5.41) is 6.43. The summed E-state index contributed by atoms with van der Waals surface area (Å²) in [7, 11) is 0. The molecular weight excluding hydrogens is 554 g/mol. The van der Waals surface area contributed by atoms with Crippen molar-refractivity contribution in [1.29, 1.82) is 0 Å². The summed E-state index contributed by atoms with van der Waals surface area (Å²) in [5.41, 5.74) is 4.61. The molecule has 0 unspecified atom stereocenters. The van der Waals surface area contributed by atoms with E-state index in [1.807, 2.05) is 13.0 Å². The van der Waals surface area contributed by atoms with Crippen LogP contribution in [0.2, 0.25) is 0 Å². The lowest BCUT2D eigenvalue weighted by atomic mass is 10.1. The van der Waals surface area contributed by atoms with Gasteiger partial charge in [-0.15, -0.1) is 0 Å². The van der Waals surface area contributed by atoms with Crippen molar-refractivity contribution >= 4 is 55.9 Å². The minimum atomic E-state index is -0.511. The first-order valence-corrected chi connectivity index (χ1v) is 11.3. The number of benzene rings is 3. The van der Waals surface area contributed by atoms with Crippen molar-refractivity contribution in [2.45, 2.75) is 6.92 Å². The molecule has 0 bridgehead atoms. The van der Waals surface area contributed by atoms with Crippen LogP contribution in [0.15, 0.2) is 80.8 Å². The summed E-state index contributed by atoms with van der Waals surface area (Å²) in [4.78, 5) is 36.6. The van der Waals surface area contributed by atoms with Gasteiger partial charge in [-0.3, -0.25) is 9.59 Å². The first-order chi connectivity index (χ1) is 15.8. The minimum Gasteiger partial charge on any atom is -0.422 e. The lowest BCUT2D eigenvalue weighted by Crippen LogP contribution is -2.34. The van der Waals surface area contributed by atoms with Crippen LogP contribution in [0.25, 0.3) is 0 Å². The zero-order chi connectivity index (χ0) is 23.8. The molecule has 0 saturated heterocycles. The van der Waals surface area contributed by atoms with E-state index in [1.54, 1.807) is 60.7 Å². The van der Waals surface area contributed by atoms with E-state index >= 15 is 0 Å². The van der Waals surface area contributed by atoms with Crippen molar-refractivity contribution < 1.29 is 19.1 Å². The fraction of sp³-hybridized carbons (Fsp3) is 0.0833. The molecule has 7 nitrogen and oxygen atoms in total. The summed E-state index contributed by atoms with van der Waals surface area (Å²) in [6.45, 7) is 1.63. The predicted molar refractivity (Wildman–Crippen MR) is 132 cm³/mol. The Hall–Kier alpha value is -3.30. The van der Waals surface area contributed by atoms with Crippen LogP contribution < -0.4 is 15.5 Å². The Bertz CT molecular complexity index is 1230. The number of hydrazone groups is 1. The molecule has 3 rings (SSSR count). The highest BCUT2D eigenvalue weighted by molar-refractivity contribution is 9.10. The summed E-state index contributed by atoms with van der Waals surface area (Å²) >= 11 is 6.66. The number of esters is 1. The van der Waals surface area contributed by atoms with Crippen molar-refractivity contribution in [2.75, 3.05) is 6.54 Å². The normalized spacial score (nSPS) is 10.6. The molecule has 0 saturated carbocycles. The van der Waals surface area contributed by atoms with Crippen LogP contribution in [-0.2, 0) is 4.79 Å². The van der Waals surface area contributed by atoms with E-state index in [0.717, 1.165) is 14.5 Å². The van der Waals surface area contributed by atoms with Gasteiger partial charge in [0.2, 0.25) is 0 Å². The van der Waals surface area contributed by atoms with E-state index in [9.17, 15) is 14.4 Å². The molecule has 168 valence electrons. The fourth-order valence-corrected chi connectivity index (χ4v) is 3.53. The molecular formula is C24H19Br2N3O4. The second kappa shape index (κ2) is 11.5. The van der Waals surface area contributed by atoms with E-state index < -0.39 is 11.9 Å². The summed E-state index contributed by atoms with van der Waals surface area (Å²) in [6, 6.07) is 18.9. The second-order valence-corrected chi connectivity index (χ2v) is 8.76. The molecule has 0 aliphatic heterocycles. The third kappa shape index (κ3) is 7.37. The standard InChI is InChI=1S/C24H19Br2N3O4/c1-15-4-2-6-17(10-15)24(32)33-21-9-8-20(26)12-18(21)13-28-29-22(30)14-27-23(31)16-5-3-7-19(25)11-16/h2-13H,14H2,1H3,(H,27,31)(H,29,30)/b28-13+. The van der Waals surface area contributed by atoms with Crippen molar-refractivity contribution in [2.24, 2.45) is 5.10 Å². The van der Waals surface area contributed by atoms with Crippen molar-refractivity contribution in [1.82, 2.24) is 10.7 Å². The Morgan fingerprint density at radius 2 is 1.67 bits per heavy atom. The Labute approximate surface area is 207 Å². The van der Waals surface area contributed by atoms with Gasteiger partial charge in [0.25, 0.3) is 11.8 Å². The van der Waals surface area contributed by atoms with Crippen molar-refractivity contribution in [3.8, 4) is 5.75 Å². The van der Waals surface area contributed by atoms with Crippen LogP contribution in [0.3, 0.4) is 0 Å². The number of aryl methyl sites for hydroxylation is 1. The van der Waals surface area contributed by atoms with Gasteiger partial charge in [0.15, 0.2) is 0 Å². The Morgan fingerprint density at radius 1 is 0.939 bits per heavy atom. The maximum atomic E-state index is 12.5. The number of hydrogen-bond donors (Lipinski definition) is 2. The molecule has 2 amide bonds. The molecule has 9 heteroatoms. The van der Waals surface area contributed by atoms with E-state index in [4.69, 9.17) is 4.74 Å². The second-order valence-electron chi connectivity index (χ2n) is 6.93. The summed E-state index contributed by atoms with van der Waals surface area (Å²) < 4.78 is 7.02. The topological polar surface area (TPSA) is 96.9 Å². The Kier molecular flexibility index (Phi) is 8.51. The number of nitrogens with one attached hydrogen (secondary N) is 2. The van der Waals surface area contributed by atoms with Gasteiger partial charge in [-0.1, -0.05) is 55.6 Å². The van der Waals surface area contributed by atoms with E-state index in [2.05, 4.69) is 47.7 Å². The summed E-state index contributed by atoms with van der Waals surface area (Å²) in [6.07, 6.45) is 1.36. The highest BCUT2D eigenvalue weighted by Gasteiger charge is 2.12. The zero-order valence-corrected chi connectivity index (χ0v) is 20.6. The van der Waals surface area contributed by atoms with Crippen LogP contribution in [0, 0.1) is 6.92 Å². The van der Waals surface area contributed by atoms with Gasteiger partial charge >= 0.3 is 5.97 Å². The highest BCUT2D eigenvalue weighted by Crippen LogP contribution is 2.23. The van der Waals surface area contributed by atoms with Crippen LogP contribution in [0.4, 0.5) is 0 Å². The first-order valence-electron chi connectivity index (χ1n) is 9.76. The lowest BCUT2D eigenvalue weighted by molar-refractivity contribution is -0.120. The van der Waals surface area contributed by atoms with E-state index in [-0.39, 0.29) is 18.2 Å². The Morgan fingerprint density at radius 3 is 2.42 bits per heavy atom. The lowest BCUT2D eigenvalue weighted by Gasteiger charge is -2.08. The van der Waals surface area contributed by atoms with Gasteiger partial charge in [-0.25, -0.2) is 10.2 Å². The molecule has 3 aromatic rings. The van der Waals surface area contributed by atoms with Gasteiger partial charge in [0.1, 0.15) is 5.75 Å². The number of hydrogen-bond acceptors (Lipinski definition) is 5. The van der Waals surface area contributed by atoms with Crippen LogP contribution in [-0.4, -0.2) is 30.5 Å². The molecule has 0 spiro atoms. The number of amides is 2. The van der Waals surface area contributed by atoms with Crippen molar-refractivity contribution in [3.63, 3.8) is 0 Å². The highest BCUT2D eigenvalue weighted by atomic mass is 79.9. The molecule has 0 aliphatic rings. The quantitative estimate of drug-likeness (QED) is 0.187. The molecule has 3 aromatic carbocycles. The first kappa shape index (κ1) is 24.3. The molecule has 0 fully saturated rings. The zero-order valence-electron chi connectivity index (χ0n) is 17.5. The van der Waals surface area contributed by atoms with Gasteiger partial charge in [0.05, 0.1) is 18.3 Å². The smallest absolute Gasteiger partial charge is 0.343 e. The van der Waals surface area contributed by atoms with Crippen LogP contribution >= 0.6 is 31.9 Å².